The number of carbonyl (C=O) groups is 3. The van der Waals surface area contributed by atoms with E-state index in [9.17, 15) is 19.6 Å². The van der Waals surface area contributed by atoms with E-state index in [0.29, 0.717) is 68.1 Å². The van der Waals surface area contributed by atoms with Crippen molar-refractivity contribution in [2.24, 2.45) is 0 Å². The number of carbonyl (C=O) groups excluding carboxylic acids is 3. The molecule has 0 unspecified atom stereocenters. The van der Waals surface area contributed by atoms with Gasteiger partial charge in [-0.15, -0.1) is 11.3 Å². The third-order valence-corrected chi connectivity index (χ3v) is 7.48. The van der Waals surface area contributed by atoms with Gasteiger partial charge in [0.15, 0.2) is 6.29 Å². The Bertz CT molecular complexity index is 1440. The summed E-state index contributed by atoms with van der Waals surface area (Å²) >= 11 is 1.49. The molecule has 0 atom stereocenters. The Morgan fingerprint density at radius 3 is 2.87 bits per heavy atom. The van der Waals surface area contributed by atoms with Crippen molar-refractivity contribution in [1.29, 1.82) is 5.26 Å². The van der Waals surface area contributed by atoms with Crippen molar-refractivity contribution in [3.63, 3.8) is 0 Å². The monoisotopic (exact) mass is 545 g/mol. The number of thiazole rings is 1. The fraction of sp³-hybridized carbons (Fsp3) is 0.346. The van der Waals surface area contributed by atoms with Crippen LogP contribution in [0, 0.1) is 11.3 Å². The molecule has 2 aliphatic heterocycles. The van der Waals surface area contributed by atoms with E-state index < -0.39 is 6.03 Å². The number of likely N-dealkylation sites (N-methyl/N-ethyl adjacent to an activating group) is 1. The normalized spacial score (nSPS) is 15.4. The first-order valence-corrected chi connectivity index (χ1v) is 13.4. The largest absolute Gasteiger partial charge is 0.379 e. The molecule has 200 valence electrons. The number of anilines is 3. The zero-order chi connectivity index (χ0) is 27.4. The number of nitriles is 1. The number of piperazine rings is 1. The summed E-state index contributed by atoms with van der Waals surface area (Å²) < 4.78 is 0. The summed E-state index contributed by atoms with van der Waals surface area (Å²) in [4.78, 5) is 56.8. The molecule has 5 rings (SSSR count). The van der Waals surface area contributed by atoms with E-state index in [2.05, 4.69) is 31.7 Å². The van der Waals surface area contributed by atoms with Crippen molar-refractivity contribution in [3.05, 3.63) is 57.3 Å². The number of pyridine rings is 2. The number of fused-ring (bicyclic) bond motifs is 1. The zero-order valence-corrected chi connectivity index (χ0v) is 22.2. The minimum absolute atomic E-state index is 0.00940. The summed E-state index contributed by atoms with van der Waals surface area (Å²) in [6.07, 6.45) is 5.25. The molecule has 1 saturated heterocycles. The van der Waals surface area contributed by atoms with Gasteiger partial charge in [-0.25, -0.2) is 14.8 Å². The van der Waals surface area contributed by atoms with Crippen LogP contribution in [0.4, 0.5) is 22.1 Å². The molecule has 1 fully saturated rings. The first-order valence-electron chi connectivity index (χ1n) is 12.5. The maximum atomic E-state index is 13.3. The number of hydrogen-bond donors (Lipinski definition) is 2. The highest BCUT2D eigenvalue weighted by Crippen LogP contribution is 2.29. The molecule has 3 aromatic rings. The van der Waals surface area contributed by atoms with Crippen LogP contribution in [0.2, 0.25) is 0 Å². The molecule has 3 amide bonds. The average Bonchev–Trinajstić information content (AvgIpc) is 3.46. The van der Waals surface area contributed by atoms with Crippen molar-refractivity contribution in [1.82, 2.24) is 24.8 Å². The van der Waals surface area contributed by atoms with Crippen LogP contribution < -0.4 is 15.5 Å². The van der Waals surface area contributed by atoms with Crippen LogP contribution in [0.15, 0.2) is 30.0 Å². The summed E-state index contributed by atoms with van der Waals surface area (Å²) in [5.41, 5.74) is 4.36. The standard InChI is InChI=1S/C26H27N9O3S/c1-33-5-6-34(24(37)14-33)13-18-7-17-3-2-4-35(25(17)31-22(18)15-36)26(38)32-23-8-21(19(9-27)10-30-23)29-12-20-11-28-16-39-20/h7-8,10-11,15-16H,2-6,12-14H2,1H3,(H2,29,30,32,38). The van der Waals surface area contributed by atoms with E-state index in [-0.39, 0.29) is 17.4 Å². The first kappa shape index (κ1) is 26.2. The molecule has 12 nitrogen and oxygen atoms in total. The lowest BCUT2D eigenvalue weighted by atomic mass is 10.0. The van der Waals surface area contributed by atoms with Gasteiger partial charge < -0.3 is 10.2 Å². The molecule has 0 aromatic carbocycles. The Hall–Kier alpha value is -4.41. The molecule has 3 aromatic heterocycles. The van der Waals surface area contributed by atoms with Gasteiger partial charge in [-0.3, -0.25) is 29.7 Å². The fourth-order valence-corrected chi connectivity index (χ4v) is 5.17. The molecule has 39 heavy (non-hydrogen) atoms. The van der Waals surface area contributed by atoms with Gasteiger partial charge in [0.1, 0.15) is 23.4 Å². The van der Waals surface area contributed by atoms with Gasteiger partial charge in [-0.05, 0) is 31.5 Å². The Morgan fingerprint density at radius 2 is 2.13 bits per heavy atom. The molecule has 13 heteroatoms. The van der Waals surface area contributed by atoms with Crippen LogP contribution in [0.1, 0.15) is 38.5 Å². The molecule has 0 aliphatic carbocycles. The van der Waals surface area contributed by atoms with Gasteiger partial charge in [-0.2, -0.15) is 5.26 Å². The summed E-state index contributed by atoms with van der Waals surface area (Å²) in [6.45, 7) is 2.90. The zero-order valence-electron chi connectivity index (χ0n) is 21.4. The molecule has 0 radical (unpaired) electrons. The van der Waals surface area contributed by atoms with Crippen LogP contribution in [0.25, 0.3) is 0 Å². The highest BCUT2D eigenvalue weighted by atomic mass is 32.1. The lowest BCUT2D eigenvalue weighted by Crippen LogP contribution is -2.48. The summed E-state index contributed by atoms with van der Waals surface area (Å²) in [6, 6.07) is 5.17. The van der Waals surface area contributed by atoms with E-state index in [0.717, 1.165) is 23.4 Å². The highest BCUT2D eigenvalue weighted by molar-refractivity contribution is 7.09. The molecule has 0 saturated carbocycles. The van der Waals surface area contributed by atoms with E-state index in [1.807, 2.05) is 18.0 Å². The minimum atomic E-state index is -0.437. The Kier molecular flexibility index (Phi) is 7.76. The van der Waals surface area contributed by atoms with Crippen LogP contribution >= 0.6 is 11.3 Å². The van der Waals surface area contributed by atoms with Crippen molar-refractivity contribution in [2.45, 2.75) is 25.9 Å². The third kappa shape index (κ3) is 5.87. The van der Waals surface area contributed by atoms with Crippen molar-refractivity contribution in [3.8, 4) is 6.07 Å². The lowest BCUT2D eigenvalue weighted by molar-refractivity contribution is -0.136. The van der Waals surface area contributed by atoms with Crippen molar-refractivity contribution in [2.75, 3.05) is 48.8 Å². The van der Waals surface area contributed by atoms with Gasteiger partial charge >= 0.3 is 6.03 Å². The fourth-order valence-electron chi connectivity index (χ4n) is 4.63. The SMILES string of the molecule is CN1CCN(Cc2cc3c(nc2C=O)N(C(=O)Nc2cc(NCc4cncs4)c(C#N)cn2)CCC3)C(=O)C1. The van der Waals surface area contributed by atoms with E-state index in [4.69, 9.17) is 0 Å². The van der Waals surface area contributed by atoms with E-state index in [1.165, 1.54) is 22.4 Å². The molecule has 2 aliphatic rings. The molecular weight excluding hydrogens is 518 g/mol. The minimum Gasteiger partial charge on any atom is -0.379 e. The number of rotatable bonds is 7. The number of aldehydes is 1. The highest BCUT2D eigenvalue weighted by Gasteiger charge is 2.28. The quantitative estimate of drug-likeness (QED) is 0.427. The predicted octanol–water partition coefficient (Wildman–Crippen LogP) is 2.49. The van der Waals surface area contributed by atoms with E-state index in [1.54, 1.807) is 22.7 Å². The summed E-state index contributed by atoms with van der Waals surface area (Å²) in [5, 5.41) is 15.5. The summed E-state index contributed by atoms with van der Waals surface area (Å²) in [5.74, 6) is 0.709. The predicted molar refractivity (Wildman–Crippen MR) is 146 cm³/mol. The maximum Gasteiger partial charge on any atom is 0.328 e. The number of aryl methyl sites for hydroxylation is 1. The van der Waals surface area contributed by atoms with Crippen LogP contribution in [-0.2, 0) is 24.3 Å². The lowest BCUT2D eigenvalue weighted by Gasteiger charge is -2.33. The third-order valence-electron chi connectivity index (χ3n) is 6.70. The maximum absolute atomic E-state index is 13.3. The second-order valence-corrected chi connectivity index (χ2v) is 10.4. The smallest absolute Gasteiger partial charge is 0.328 e. The second-order valence-electron chi connectivity index (χ2n) is 9.42. The Morgan fingerprint density at radius 1 is 1.26 bits per heavy atom. The molecule has 0 spiro atoms. The van der Waals surface area contributed by atoms with Gasteiger partial charge in [0.25, 0.3) is 0 Å². The van der Waals surface area contributed by atoms with Gasteiger partial charge in [0.2, 0.25) is 5.91 Å². The molecule has 5 heterocycles. The molecular formula is C26H27N9O3S. The Balaban J connectivity index is 1.33. The first-order chi connectivity index (χ1) is 18.9. The Labute approximate surface area is 229 Å². The van der Waals surface area contributed by atoms with Gasteiger partial charge in [0, 0.05) is 55.1 Å². The molecule has 0 bridgehead atoms. The second kappa shape index (κ2) is 11.5. The van der Waals surface area contributed by atoms with Crippen LogP contribution in [-0.4, -0.2) is 76.2 Å². The number of hydrogen-bond acceptors (Lipinski definition) is 10. The van der Waals surface area contributed by atoms with Gasteiger partial charge in [-0.1, -0.05) is 0 Å². The number of nitrogens with zero attached hydrogens (tertiary/aromatic N) is 7. The van der Waals surface area contributed by atoms with E-state index >= 15 is 0 Å². The van der Waals surface area contributed by atoms with Gasteiger partial charge in [0.05, 0.1) is 29.9 Å². The average molecular weight is 546 g/mol. The summed E-state index contributed by atoms with van der Waals surface area (Å²) in [7, 11) is 1.90. The van der Waals surface area contributed by atoms with Crippen molar-refractivity contribution >= 4 is 46.9 Å². The molecule has 2 N–H and O–H groups in total. The van der Waals surface area contributed by atoms with Crippen LogP contribution in [0.3, 0.4) is 0 Å². The topological polar surface area (TPSA) is 147 Å². The number of aromatic nitrogens is 3. The number of nitrogens with one attached hydrogen (secondary N) is 2. The number of amides is 3. The van der Waals surface area contributed by atoms with Crippen molar-refractivity contribution < 1.29 is 14.4 Å². The number of urea groups is 1. The van der Waals surface area contributed by atoms with Crippen LogP contribution in [0.5, 0.6) is 0 Å².